The van der Waals surface area contributed by atoms with E-state index in [9.17, 15) is 0 Å². The van der Waals surface area contributed by atoms with E-state index in [1.54, 1.807) is 16.9 Å². The van der Waals surface area contributed by atoms with Crippen LogP contribution in [-0.4, -0.2) is 20.6 Å². The predicted molar refractivity (Wildman–Crippen MR) is 72.7 cm³/mol. The van der Waals surface area contributed by atoms with Crippen molar-refractivity contribution in [1.29, 1.82) is 5.41 Å². The summed E-state index contributed by atoms with van der Waals surface area (Å²) in [5, 5.41) is 11.9. The van der Waals surface area contributed by atoms with Crippen molar-refractivity contribution in [1.82, 2.24) is 14.8 Å². The van der Waals surface area contributed by atoms with Crippen LogP contribution in [0.25, 0.3) is 0 Å². The van der Waals surface area contributed by atoms with Gasteiger partial charge in [0.05, 0.1) is 11.3 Å². The van der Waals surface area contributed by atoms with Crippen LogP contribution in [0.4, 0.5) is 0 Å². The quantitative estimate of drug-likeness (QED) is 0.649. The molecule has 0 spiro atoms. The normalized spacial score (nSPS) is 10.5. The second-order valence-electron chi connectivity index (χ2n) is 4.45. The number of amidine groups is 1. The fourth-order valence-electron chi connectivity index (χ4n) is 1.94. The molecule has 0 saturated heterocycles. The Morgan fingerprint density at radius 2 is 2.05 bits per heavy atom. The number of nitrogen functional groups attached to an aromatic ring is 1. The van der Waals surface area contributed by atoms with Gasteiger partial charge < -0.3 is 10.5 Å². The summed E-state index contributed by atoms with van der Waals surface area (Å²) in [7, 11) is 1.85. The van der Waals surface area contributed by atoms with Crippen LogP contribution < -0.4 is 10.5 Å². The maximum absolute atomic E-state index is 7.63. The third-order valence-corrected chi connectivity index (χ3v) is 3.04. The summed E-state index contributed by atoms with van der Waals surface area (Å²) in [6.45, 7) is 5.65. The van der Waals surface area contributed by atoms with Crippen molar-refractivity contribution in [2.24, 2.45) is 12.8 Å². The molecule has 0 aliphatic rings. The number of aryl methyl sites for hydroxylation is 3. The summed E-state index contributed by atoms with van der Waals surface area (Å²) < 4.78 is 7.56. The Hall–Kier alpha value is -2.37. The van der Waals surface area contributed by atoms with Gasteiger partial charge in [0.2, 0.25) is 5.88 Å². The number of pyridine rings is 1. The SMILES string of the molecule is Cc1ccnc(Oc2c(C)nn(C)c2C)c1C(=N)N. The minimum atomic E-state index is -0.0557. The van der Waals surface area contributed by atoms with Gasteiger partial charge in [0, 0.05) is 13.2 Å². The molecule has 0 aliphatic carbocycles. The zero-order chi connectivity index (χ0) is 14.2. The molecule has 0 amide bonds. The summed E-state index contributed by atoms with van der Waals surface area (Å²) in [5.41, 5.74) is 8.64. The van der Waals surface area contributed by atoms with E-state index in [-0.39, 0.29) is 5.84 Å². The Labute approximate surface area is 111 Å². The smallest absolute Gasteiger partial charge is 0.230 e. The van der Waals surface area contributed by atoms with Crippen LogP contribution in [-0.2, 0) is 7.05 Å². The first-order valence-corrected chi connectivity index (χ1v) is 5.90. The van der Waals surface area contributed by atoms with Crippen molar-refractivity contribution in [3.63, 3.8) is 0 Å². The van der Waals surface area contributed by atoms with E-state index in [0.29, 0.717) is 17.2 Å². The zero-order valence-corrected chi connectivity index (χ0v) is 11.5. The van der Waals surface area contributed by atoms with Crippen LogP contribution in [0.3, 0.4) is 0 Å². The number of aromatic nitrogens is 3. The summed E-state index contributed by atoms with van der Waals surface area (Å²) in [6.07, 6.45) is 1.64. The van der Waals surface area contributed by atoms with Crippen molar-refractivity contribution < 1.29 is 4.74 Å². The summed E-state index contributed by atoms with van der Waals surface area (Å²) in [4.78, 5) is 4.17. The van der Waals surface area contributed by atoms with Crippen molar-refractivity contribution in [2.45, 2.75) is 20.8 Å². The van der Waals surface area contributed by atoms with Gasteiger partial charge in [-0.2, -0.15) is 5.10 Å². The number of rotatable bonds is 3. The molecule has 0 aliphatic heterocycles. The Morgan fingerprint density at radius 3 is 2.58 bits per heavy atom. The van der Waals surface area contributed by atoms with Gasteiger partial charge in [-0.05, 0) is 32.4 Å². The first-order valence-electron chi connectivity index (χ1n) is 5.90. The van der Waals surface area contributed by atoms with Crippen LogP contribution >= 0.6 is 0 Å². The molecular weight excluding hydrogens is 242 g/mol. The maximum Gasteiger partial charge on any atom is 0.230 e. The number of nitrogens with zero attached hydrogens (tertiary/aromatic N) is 3. The lowest BCUT2D eigenvalue weighted by Crippen LogP contribution is -2.15. The highest BCUT2D eigenvalue weighted by atomic mass is 16.5. The number of nitrogens with one attached hydrogen (secondary N) is 1. The highest BCUT2D eigenvalue weighted by molar-refractivity contribution is 5.98. The fraction of sp³-hybridized carbons (Fsp3) is 0.308. The van der Waals surface area contributed by atoms with Crippen LogP contribution in [0.2, 0.25) is 0 Å². The highest BCUT2D eigenvalue weighted by Crippen LogP contribution is 2.29. The van der Waals surface area contributed by atoms with Gasteiger partial charge in [-0.1, -0.05) is 0 Å². The molecule has 100 valence electrons. The van der Waals surface area contributed by atoms with Gasteiger partial charge in [-0.15, -0.1) is 0 Å². The molecule has 0 saturated carbocycles. The maximum atomic E-state index is 7.63. The molecule has 6 heteroatoms. The van der Waals surface area contributed by atoms with Crippen LogP contribution in [0.5, 0.6) is 11.6 Å². The van der Waals surface area contributed by atoms with E-state index in [1.807, 2.05) is 27.8 Å². The lowest BCUT2D eigenvalue weighted by molar-refractivity contribution is 0.453. The minimum Gasteiger partial charge on any atom is -0.434 e. The predicted octanol–water partition coefficient (Wildman–Crippen LogP) is 1.82. The molecule has 0 atom stereocenters. The summed E-state index contributed by atoms with van der Waals surface area (Å²) in [5.74, 6) is 0.939. The third-order valence-electron chi connectivity index (χ3n) is 3.04. The monoisotopic (exact) mass is 259 g/mol. The second kappa shape index (κ2) is 4.72. The Morgan fingerprint density at radius 1 is 1.37 bits per heavy atom. The molecule has 19 heavy (non-hydrogen) atoms. The molecule has 3 N–H and O–H groups in total. The van der Waals surface area contributed by atoms with Crippen molar-refractivity contribution in [3.8, 4) is 11.6 Å². The number of hydrogen-bond donors (Lipinski definition) is 2. The molecule has 2 aromatic heterocycles. The van der Waals surface area contributed by atoms with E-state index < -0.39 is 0 Å². The Kier molecular flexibility index (Phi) is 3.25. The van der Waals surface area contributed by atoms with E-state index in [0.717, 1.165) is 17.0 Å². The van der Waals surface area contributed by atoms with E-state index in [1.165, 1.54) is 0 Å². The minimum absolute atomic E-state index is 0.0557. The highest BCUT2D eigenvalue weighted by Gasteiger charge is 2.17. The van der Waals surface area contributed by atoms with Crippen molar-refractivity contribution in [2.75, 3.05) is 0 Å². The zero-order valence-electron chi connectivity index (χ0n) is 11.5. The molecule has 2 aromatic rings. The molecule has 0 aromatic carbocycles. The van der Waals surface area contributed by atoms with Crippen LogP contribution in [0, 0.1) is 26.2 Å². The standard InChI is InChI=1S/C13H17N5O/c1-7-5-6-16-13(10(7)12(14)15)19-11-8(2)17-18(4)9(11)3/h5-6H,1-4H3,(H3,14,15). The average molecular weight is 259 g/mol. The summed E-state index contributed by atoms with van der Waals surface area (Å²) >= 11 is 0. The number of hydrogen-bond acceptors (Lipinski definition) is 4. The fourth-order valence-corrected chi connectivity index (χ4v) is 1.94. The molecule has 0 bridgehead atoms. The van der Waals surface area contributed by atoms with Crippen molar-refractivity contribution >= 4 is 5.84 Å². The molecule has 2 heterocycles. The molecule has 2 rings (SSSR count). The number of ether oxygens (including phenoxy) is 1. The largest absolute Gasteiger partial charge is 0.434 e. The lowest BCUT2D eigenvalue weighted by Gasteiger charge is -2.11. The summed E-state index contributed by atoms with van der Waals surface area (Å²) in [6, 6.07) is 1.80. The van der Waals surface area contributed by atoms with Crippen LogP contribution in [0.1, 0.15) is 22.5 Å². The van der Waals surface area contributed by atoms with Crippen molar-refractivity contribution in [3.05, 3.63) is 34.8 Å². The van der Waals surface area contributed by atoms with Gasteiger partial charge in [0.1, 0.15) is 11.5 Å². The first-order chi connectivity index (χ1) is 8.91. The van der Waals surface area contributed by atoms with E-state index in [2.05, 4.69) is 10.1 Å². The second-order valence-corrected chi connectivity index (χ2v) is 4.45. The van der Waals surface area contributed by atoms with Gasteiger partial charge in [-0.25, -0.2) is 4.98 Å². The van der Waals surface area contributed by atoms with E-state index >= 15 is 0 Å². The molecule has 0 unspecified atom stereocenters. The topological polar surface area (TPSA) is 89.8 Å². The Balaban J connectivity index is 2.50. The van der Waals surface area contributed by atoms with Gasteiger partial charge >= 0.3 is 0 Å². The van der Waals surface area contributed by atoms with Gasteiger partial charge in [0.25, 0.3) is 0 Å². The molecule has 6 nitrogen and oxygen atoms in total. The molecule has 0 radical (unpaired) electrons. The average Bonchev–Trinajstić information content (AvgIpc) is 2.55. The van der Waals surface area contributed by atoms with Gasteiger partial charge in [-0.3, -0.25) is 10.1 Å². The number of nitrogens with two attached hydrogens (primary N) is 1. The molecule has 0 fully saturated rings. The lowest BCUT2D eigenvalue weighted by atomic mass is 10.1. The third kappa shape index (κ3) is 2.29. The Bertz CT molecular complexity index is 645. The molecular formula is C13H17N5O. The van der Waals surface area contributed by atoms with E-state index in [4.69, 9.17) is 15.9 Å². The van der Waals surface area contributed by atoms with Crippen LogP contribution in [0.15, 0.2) is 12.3 Å². The van der Waals surface area contributed by atoms with Gasteiger partial charge in [0.15, 0.2) is 5.75 Å². The first kappa shape index (κ1) is 13.1.